The molecule has 1 N–H and O–H groups in total. The van der Waals surface area contributed by atoms with E-state index < -0.39 is 0 Å². The highest BCUT2D eigenvalue weighted by atomic mass is 16.5. The van der Waals surface area contributed by atoms with Crippen molar-refractivity contribution in [3.63, 3.8) is 0 Å². The van der Waals surface area contributed by atoms with Crippen LogP contribution in [-0.4, -0.2) is 12.6 Å². The fourth-order valence-electron chi connectivity index (χ4n) is 2.06. The monoisotopic (exact) mass is 253 g/mol. The Hall–Kier alpha value is -1.80. The first-order valence-corrected chi connectivity index (χ1v) is 6.95. The van der Waals surface area contributed by atoms with Gasteiger partial charge < -0.3 is 10.1 Å². The van der Waals surface area contributed by atoms with Gasteiger partial charge in [0.05, 0.1) is 0 Å². The third-order valence-corrected chi connectivity index (χ3v) is 3.33. The lowest BCUT2D eigenvalue weighted by Gasteiger charge is -2.07. The van der Waals surface area contributed by atoms with Gasteiger partial charge in [-0.25, -0.2) is 0 Å². The van der Waals surface area contributed by atoms with Crippen LogP contribution in [0.4, 0.5) is 0 Å². The smallest absolute Gasteiger partial charge is 0.127 e. The van der Waals surface area contributed by atoms with Gasteiger partial charge in [-0.3, -0.25) is 0 Å². The summed E-state index contributed by atoms with van der Waals surface area (Å²) >= 11 is 0. The first kappa shape index (κ1) is 12.2. The summed E-state index contributed by atoms with van der Waals surface area (Å²) in [4.78, 5) is 0. The second-order valence-electron chi connectivity index (χ2n) is 5.04. The van der Waals surface area contributed by atoms with E-state index >= 15 is 0 Å². The molecule has 1 saturated carbocycles. The van der Waals surface area contributed by atoms with Gasteiger partial charge in [-0.15, -0.1) is 0 Å². The zero-order chi connectivity index (χ0) is 12.9. The highest BCUT2D eigenvalue weighted by Gasteiger charge is 2.19. The maximum Gasteiger partial charge on any atom is 0.127 e. The second kappa shape index (κ2) is 5.89. The van der Waals surface area contributed by atoms with Crippen molar-refractivity contribution in [3.05, 3.63) is 60.2 Å². The molecule has 19 heavy (non-hydrogen) atoms. The summed E-state index contributed by atoms with van der Waals surface area (Å²) in [7, 11) is 0. The summed E-state index contributed by atoms with van der Waals surface area (Å²) in [6.07, 6.45) is 3.79. The predicted molar refractivity (Wildman–Crippen MR) is 77.7 cm³/mol. The summed E-state index contributed by atoms with van der Waals surface area (Å²) < 4.78 is 5.77. The van der Waals surface area contributed by atoms with E-state index in [1.54, 1.807) is 0 Å². The number of para-hydroxylation sites is 1. The minimum absolute atomic E-state index is 0.792. The van der Waals surface area contributed by atoms with Crippen molar-refractivity contribution in [2.45, 2.75) is 25.3 Å². The van der Waals surface area contributed by atoms with Crippen molar-refractivity contribution in [2.75, 3.05) is 6.54 Å². The van der Waals surface area contributed by atoms with Crippen LogP contribution in [0.15, 0.2) is 54.6 Å². The van der Waals surface area contributed by atoms with Gasteiger partial charge in [0.15, 0.2) is 0 Å². The average molecular weight is 253 g/mol. The number of hydrogen-bond donors (Lipinski definition) is 1. The number of hydrogen-bond acceptors (Lipinski definition) is 2. The Morgan fingerprint density at radius 3 is 2.26 bits per heavy atom. The Balaban J connectivity index is 1.52. The van der Waals surface area contributed by atoms with E-state index in [4.69, 9.17) is 4.74 Å². The van der Waals surface area contributed by atoms with Crippen LogP contribution in [0, 0.1) is 0 Å². The van der Waals surface area contributed by atoms with Crippen LogP contribution in [0.5, 0.6) is 11.5 Å². The van der Waals surface area contributed by atoms with Crippen LogP contribution in [-0.2, 0) is 6.42 Å². The molecule has 2 heteroatoms. The molecule has 1 fully saturated rings. The Bertz CT molecular complexity index is 503. The number of rotatable bonds is 6. The standard InChI is InChI=1S/C17H19NO/c1-2-4-16(5-3-1)19-17-10-6-14(7-11-17)12-13-18-15-8-9-15/h1-7,10-11,15,18H,8-9,12-13H2. The maximum absolute atomic E-state index is 5.77. The lowest BCUT2D eigenvalue weighted by atomic mass is 10.1. The molecule has 0 heterocycles. The van der Waals surface area contributed by atoms with Crippen molar-refractivity contribution in [2.24, 2.45) is 0 Å². The van der Waals surface area contributed by atoms with Crippen molar-refractivity contribution >= 4 is 0 Å². The van der Waals surface area contributed by atoms with Crippen LogP contribution < -0.4 is 10.1 Å². The molecule has 0 bridgehead atoms. The van der Waals surface area contributed by atoms with Crippen LogP contribution in [0.1, 0.15) is 18.4 Å². The second-order valence-corrected chi connectivity index (χ2v) is 5.04. The molecule has 2 aromatic carbocycles. The van der Waals surface area contributed by atoms with Gasteiger partial charge in [0.2, 0.25) is 0 Å². The SMILES string of the molecule is c1ccc(Oc2ccc(CCNC3CC3)cc2)cc1. The largest absolute Gasteiger partial charge is 0.457 e. The molecule has 98 valence electrons. The lowest BCUT2D eigenvalue weighted by molar-refractivity contribution is 0.482. The molecule has 2 aromatic rings. The number of nitrogens with one attached hydrogen (secondary N) is 1. The van der Waals surface area contributed by atoms with E-state index in [1.165, 1.54) is 18.4 Å². The van der Waals surface area contributed by atoms with Crippen LogP contribution >= 0.6 is 0 Å². The number of ether oxygens (including phenoxy) is 1. The van der Waals surface area contributed by atoms with E-state index in [2.05, 4.69) is 17.4 Å². The van der Waals surface area contributed by atoms with Gasteiger partial charge in [-0.05, 0) is 55.6 Å². The minimum Gasteiger partial charge on any atom is -0.457 e. The molecular formula is C17H19NO. The van der Waals surface area contributed by atoms with Crippen molar-refractivity contribution in [1.29, 1.82) is 0 Å². The van der Waals surface area contributed by atoms with Crippen molar-refractivity contribution < 1.29 is 4.74 Å². The maximum atomic E-state index is 5.77. The molecule has 0 aromatic heterocycles. The molecule has 2 nitrogen and oxygen atoms in total. The van der Waals surface area contributed by atoms with Gasteiger partial charge in [0.1, 0.15) is 11.5 Å². The molecule has 0 saturated heterocycles. The van der Waals surface area contributed by atoms with E-state index in [0.29, 0.717) is 0 Å². The highest BCUT2D eigenvalue weighted by molar-refractivity contribution is 5.33. The Kier molecular flexibility index (Phi) is 3.80. The van der Waals surface area contributed by atoms with Crippen LogP contribution in [0.2, 0.25) is 0 Å². The van der Waals surface area contributed by atoms with Gasteiger partial charge in [0, 0.05) is 6.04 Å². The zero-order valence-electron chi connectivity index (χ0n) is 11.0. The van der Waals surface area contributed by atoms with Gasteiger partial charge >= 0.3 is 0 Å². The molecule has 0 amide bonds. The van der Waals surface area contributed by atoms with Crippen LogP contribution in [0.3, 0.4) is 0 Å². The summed E-state index contributed by atoms with van der Waals surface area (Å²) in [5, 5.41) is 3.53. The molecule has 0 spiro atoms. The van der Waals surface area contributed by atoms with E-state index in [0.717, 1.165) is 30.5 Å². The third kappa shape index (κ3) is 3.83. The zero-order valence-corrected chi connectivity index (χ0v) is 11.0. The van der Waals surface area contributed by atoms with Crippen molar-refractivity contribution in [3.8, 4) is 11.5 Å². The van der Waals surface area contributed by atoms with E-state index in [-0.39, 0.29) is 0 Å². The third-order valence-electron chi connectivity index (χ3n) is 3.33. The summed E-state index contributed by atoms with van der Waals surface area (Å²) in [5.41, 5.74) is 1.36. The average Bonchev–Trinajstić information content (AvgIpc) is 3.26. The first-order valence-electron chi connectivity index (χ1n) is 6.95. The first-order chi connectivity index (χ1) is 9.40. The Morgan fingerprint density at radius 1 is 0.895 bits per heavy atom. The van der Waals surface area contributed by atoms with Crippen LogP contribution in [0.25, 0.3) is 0 Å². The molecule has 1 aliphatic carbocycles. The van der Waals surface area contributed by atoms with Gasteiger partial charge in [-0.1, -0.05) is 30.3 Å². The highest BCUT2D eigenvalue weighted by Crippen LogP contribution is 2.21. The predicted octanol–water partition coefficient (Wildman–Crippen LogP) is 3.77. The Labute approximate surface area is 114 Å². The van der Waals surface area contributed by atoms with Gasteiger partial charge in [-0.2, -0.15) is 0 Å². The van der Waals surface area contributed by atoms with E-state index in [1.807, 2.05) is 42.5 Å². The Morgan fingerprint density at radius 2 is 1.58 bits per heavy atom. The number of benzene rings is 2. The minimum atomic E-state index is 0.792. The topological polar surface area (TPSA) is 21.3 Å². The summed E-state index contributed by atoms with van der Waals surface area (Å²) in [6, 6.07) is 19.0. The molecule has 0 atom stereocenters. The molecule has 3 rings (SSSR count). The fourth-order valence-corrected chi connectivity index (χ4v) is 2.06. The molecular weight excluding hydrogens is 234 g/mol. The fraction of sp³-hybridized carbons (Fsp3) is 0.294. The van der Waals surface area contributed by atoms with Gasteiger partial charge in [0.25, 0.3) is 0 Å². The van der Waals surface area contributed by atoms with E-state index in [9.17, 15) is 0 Å². The molecule has 0 unspecified atom stereocenters. The quantitative estimate of drug-likeness (QED) is 0.846. The lowest BCUT2D eigenvalue weighted by Crippen LogP contribution is -2.19. The summed E-state index contributed by atoms with van der Waals surface area (Å²) in [6.45, 7) is 1.07. The molecule has 1 aliphatic rings. The summed E-state index contributed by atoms with van der Waals surface area (Å²) in [5.74, 6) is 1.77. The molecule has 0 radical (unpaired) electrons. The van der Waals surface area contributed by atoms with Crippen molar-refractivity contribution in [1.82, 2.24) is 5.32 Å². The molecule has 0 aliphatic heterocycles. The normalized spacial score (nSPS) is 14.3.